The molecule has 1 aromatic heterocycles. The van der Waals surface area contributed by atoms with E-state index in [4.69, 9.17) is 4.74 Å². The van der Waals surface area contributed by atoms with E-state index in [9.17, 15) is 19.6 Å². The molecule has 0 radical (unpaired) electrons. The molecule has 1 unspecified atom stereocenters. The molecule has 2 fully saturated rings. The number of rotatable bonds is 6. The van der Waals surface area contributed by atoms with Gasteiger partial charge in [0, 0.05) is 29.9 Å². The molecule has 3 N–H and O–H groups in total. The number of nitrogens with one attached hydrogen (secondary N) is 3. The number of fused-ring (bicyclic) bond motifs is 1. The highest BCUT2D eigenvalue weighted by Gasteiger charge is 2.44. The van der Waals surface area contributed by atoms with E-state index in [1.807, 2.05) is 32.0 Å². The number of carbonyl (C=O) groups excluding carboxylic acids is 3. The van der Waals surface area contributed by atoms with Gasteiger partial charge in [0.25, 0.3) is 5.91 Å². The van der Waals surface area contributed by atoms with E-state index in [-0.39, 0.29) is 35.5 Å². The lowest BCUT2D eigenvalue weighted by atomic mass is 9.90. The molecule has 3 heterocycles. The molecule has 2 aliphatic rings. The van der Waals surface area contributed by atoms with Gasteiger partial charge in [-0.15, -0.1) is 0 Å². The molecule has 3 atom stereocenters. The van der Waals surface area contributed by atoms with Crippen molar-refractivity contribution < 1.29 is 19.1 Å². The van der Waals surface area contributed by atoms with E-state index in [0.29, 0.717) is 37.4 Å². The number of hydrogen-bond donors (Lipinski definition) is 3. The van der Waals surface area contributed by atoms with Gasteiger partial charge in [-0.1, -0.05) is 19.9 Å². The smallest absolute Gasteiger partial charge is 0.271 e. The molecule has 2 saturated heterocycles. The van der Waals surface area contributed by atoms with Gasteiger partial charge in [-0.25, -0.2) is 0 Å². The van der Waals surface area contributed by atoms with Crippen molar-refractivity contribution in [2.45, 2.75) is 45.2 Å². The van der Waals surface area contributed by atoms with Crippen LogP contribution in [0.15, 0.2) is 24.3 Å². The molecule has 0 aliphatic carbocycles. The van der Waals surface area contributed by atoms with Crippen molar-refractivity contribution in [3.8, 4) is 11.8 Å². The summed E-state index contributed by atoms with van der Waals surface area (Å²) in [4.78, 5) is 43.2. The molecule has 33 heavy (non-hydrogen) atoms. The first-order valence-corrected chi connectivity index (χ1v) is 11.2. The summed E-state index contributed by atoms with van der Waals surface area (Å²) in [5.41, 5.74) is 0.899. The summed E-state index contributed by atoms with van der Waals surface area (Å²) < 4.78 is 5.39. The number of aromatic nitrogens is 1. The predicted molar refractivity (Wildman–Crippen MR) is 121 cm³/mol. The molecule has 2 aliphatic heterocycles. The van der Waals surface area contributed by atoms with Gasteiger partial charge in [0.1, 0.15) is 23.5 Å². The minimum Gasteiger partial charge on any atom is -0.496 e. The third-order valence-corrected chi connectivity index (χ3v) is 6.51. The second kappa shape index (κ2) is 8.77. The quantitative estimate of drug-likeness (QED) is 0.619. The molecule has 9 heteroatoms. The van der Waals surface area contributed by atoms with E-state index in [0.717, 1.165) is 10.9 Å². The van der Waals surface area contributed by atoms with Gasteiger partial charge in [-0.05, 0) is 42.9 Å². The second-order valence-electron chi connectivity index (χ2n) is 9.62. The Kier molecular flexibility index (Phi) is 6.02. The van der Waals surface area contributed by atoms with Crippen LogP contribution in [0.1, 0.15) is 43.6 Å². The van der Waals surface area contributed by atoms with Crippen molar-refractivity contribution in [1.82, 2.24) is 20.5 Å². The molecular formula is C24H29N5O4. The van der Waals surface area contributed by atoms with Crippen molar-refractivity contribution in [2.24, 2.45) is 11.3 Å². The second-order valence-corrected chi connectivity index (χ2v) is 9.62. The summed E-state index contributed by atoms with van der Waals surface area (Å²) in [6, 6.07) is 7.88. The summed E-state index contributed by atoms with van der Waals surface area (Å²) >= 11 is 0. The van der Waals surface area contributed by atoms with Crippen LogP contribution in [0, 0.1) is 22.7 Å². The maximum atomic E-state index is 13.5. The zero-order valence-corrected chi connectivity index (χ0v) is 19.1. The summed E-state index contributed by atoms with van der Waals surface area (Å²) in [7, 11) is 1.58. The van der Waals surface area contributed by atoms with Crippen LogP contribution in [0.3, 0.4) is 0 Å². The van der Waals surface area contributed by atoms with E-state index in [2.05, 4.69) is 21.7 Å². The Bertz CT molecular complexity index is 1130. The molecule has 9 nitrogen and oxygen atoms in total. The molecule has 0 spiro atoms. The highest BCUT2D eigenvalue weighted by Crippen LogP contribution is 2.36. The number of hydrogen-bond acceptors (Lipinski definition) is 5. The SMILES string of the molecule is COc1cccc2[nH]c(C(=O)N3CC(C)(C)C[C@H]3C(=O)NC(C#N)C[C@@H]3CCNC3=O)cc12. The number of amides is 3. The van der Waals surface area contributed by atoms with Crippen LogP contribution in [0.25, 0.3) is 10.9 Å². The maximum absolute atomic E-state index is 13.5. The summed E-state index contributed by atoms with van der Waals surface area (Å²) in [5, 5.41) is 15.9. The van der Waals surface area contributed by atoms with Crippen molar-refractivity contribution >= 4 is 28.6 Å². The largest absolute Gasteiger partial charge is 0.496 e. The van der Waals surface area contributed by atoms with Crippen molar-refractivity contribution in [3.05, 3.63) is 30.0 Å². The average Bonchev–Trinajstić information content (AvgIpc) is 3.48. The minimum atomic E-state index is -0.788. The molecule has 174 valence electrons. The number of H-pyrrole nitrogens is 1. The number of nitriles is 1. The van der Waals surface area contributed by atoms with E-state index >= 15 is 0 Å². The van der Waals surface area contributed by atoms with E-state index < -0.39 is 12.1 Å². The van der Waals surface area contributed by atoms with Crippen LogP contribution in [0.2, 0.25) is 0 Å². The first-order valence-electron chi connectivity index (χ1n) is 11.2. The third-order valence-electron chi connectivity index (χ3n) is 6.51. The zero-order valence-electron chi connectivity index (χ0n) is 19.1. The van der Waals surface area contributed by atoms with Crippen LogP contribution < -0.4 is 15.4 Å². The fourth-order valence-corrected chi connectivity index (χ4v) is 4.86. The Labute approximate surface area is 192 Å². The Morgan fingerprint density at radius 3 is 2.85 bits per heavy atom. The highest BCUT2D eigenvalue weighted by atomic mass is 16.5. The number of methoxy groups -OCH3 is 1. The molecule has 0 bridgehead atoms. The third kappa shape index (κ3) is 4.51. The Hall–Kier alpha value is -3.54. The summed E-state index contributed by atoms with van der Waals surface area (Å²) in [5.74, 6) is -0.353. The molecular weight excluding hydrogens is 422 g/mol. The molecule has 1 aromatic carbocycles. The van der Waals surface area contributed by atoms with Gasteiger partial charge in [0.05, 0.1) is 13.2 Å². The topological polar surface area (TPSA) is 127 Å². The van der Waals surface area contributed by atoms with Crippen molar-refractivity contribution in [2.75, 3.05) is 20.2 Å². The Morgan fingerprint density at radius 2 is 2.18 bits per heavy atom. The predicted octanol–water partition coefficient (Wildman–Crippen LogP) is 1.95. The van der Waals surface area contributed by atoms with Gasteiger partial charge in [-0.2, -0.15) is 5.26 Å². The number of benzene rings is 1. The number of aromatic amines is 1. The van der Waals surface area contributed by atoms with Gasteiger partial charge in [-0.3, -0.25) is 14.4 Å². The van der Waals surface area contributed by atoms with Gasteiger partial charge >= 0.3 is 0 Å². The number of nitrogens with zero attached hydrogens (tertiary/aromatic N) is 2. The van der Waals surface area contributed by atoms with Crippen molar-refractivity contribution in [3.63, 3.8) is 0 Å². The highest BCUT2D eigenvalue weighted by molar-refractivity contribution is 6.01. The average molecular weight is 452 g/mol. The van der Waals surface area contributed by atoms with Gasteiger partial charge in [0.2, 0.25) is 11.8 Å². The Balaban J connectivity index is 1.53. The number of likely N-dealkylation sites (tertiary alicyclic amines) is 1. The van der Waals surface area contributed by atoms with Crippen LogP contribution in [-0.4, -0.2) is 59.9 Å². The monoisotopic (exact) mass is 451 g/mol. The maximum Gasteiger partial charge on any atom is 0.271 e. The van der Waals surface area contributed by atoms with Crippen LogP contribution in [0.5, 0.6) is 5.75 Å². The van der Waals surface area contributed by atoms with E-state index in [1.54, 1.807) is 18.1 Å². The first-order chi connectivity index (χ1) is 15.7. The molecule has 0 saturated carbocycles. The first kappa shape index (κ1) is 22.6. The lowest BCUT2D eigenvalue weighted by molar-refractivity contribution is -0.126. The van der Waals surface area contributed by atoms with Crippen LogP contribution >= 0.6 is 0 Å². The molecule has 4 rings (SSSR count). The summed E-state index contributed by atoms with van der Waals surface area (Å²) in [6.45, 7) is 5.03. The number of carbonyl (C=O) groups is 3. The fourth-order valence-electron chi connectivity index (χ4n) is 4.86. The van der Waals surface area contributed by atoms with Gasteiger partial charge < -0.3 is 25.3 Å². The fraction of sp³-hybridized carbons (Fsp3) is 0.500. The Morgan fingerprint density at radius 1 is 1.39 bits per heavy atom. The lowest BCUT2D eigenvalue weighted by Crippen LogP contribution is -2.49. The van der Waals surface area contributed by atoms with Gasteiger partial charge in [0.15, 0.2) is 0 Å². The summed E-state index contributed by atoms with van der Waals surface area (Å²) in [6.07, 6.45) is 1.40. The zero-order chi connectivity index (χ0) is 23.8. The van der Waals surface area contributed by atoms with Crippen LogP contribution in [0.4, 0.5) is 0 Å². The van der Waals surface area contributed by atoms with Crippen LogP contribution in [-0.2, 0) is 9.59 Å². The minimum absolute atomic E-state index is 0.0856. The standard InChI is InChI=1S/C24H29N5O4/c1-24(2)11-19(22(31)27-15(12-25)9-14-7-8-26-21(14)30)29(13-24)23(32)18-10-16-17(28-18)5-4-6-20(16)33-3/h4-6,10,14-15,19,28H,7-9,11,13H2,1-3H3,(H,26,30)(H,27,31)/t14-,15?,19-/m0/s1. The van der Waals surface area contributed by atoms with Crippen molar-refractivity contribution in [1.29, 1.82) is 5.26 Å². The van der Waals surface area contributed by atoms with E-state index in [1.165, 1.54) is 0 Å². The lowest BCUT2D eigenvalue weighted by Gasteiger charge is -2.25. The number of ether oxygens (including phenoxy) is 1. The molecule has 3 amide bonds. The molecule has 2 aromatic rings. The normalized spacial score (nSPS) is 22.6.